The van der Waals surface area contributed by atoms with Crippen molar-refractivity contribution >= 4 is 0 Å². The number of ether oxygens (including phenoxy) is 2. The molecule has 1 N–H and O–H groups in total. The first kappa shape index (κ1) is 18.4. The van der Waals surface area contributed by atoms with Crippen molar-refractivity contribution in [2.24, 2.45) is 5.92 Å². The molecule has 0 saturated heterocycles. The van der Waals surface area contributed by atoms with Gasteiger partial charge >= 0.3 is 0 Å². The molecule has 4 nitrogen and oxygen atoms in total. The van der Waals surface area contributed by atoms with Crippen LogP contribution in [0.2, 0.25) is 0 Å². The average molecular weight is 331 g/mol. The van der Waals surface area contributed by atoms with E-state index >= 15 is 0 Å². The summed E-state index contributed by atoms with van der Waals surface area (Å²) < 4.78 is 16.2. The van der Waals surface area contributed by atoms with Gasteiger partial charge in [0.15, 0.2) is 11.5 Å². The first-order valence-electron chi connectivity index (χ1n) is 8.60. The van der Waals surface area contributed by atoms with Crippen molar-refractivity contribution in [3.63, 3.8) is 0 Å². The summed E-state index contributed by atoms with van der Waals surface area (Å²) in [5.74, 6) is 3.68. The summed E-state index contributed by atoms with van der Waals surface area (Å²) in [4.78, 5) is 0. The molecule has 0 aliphatic rings. The van der Waals surface area contributed by atoms with Gasteiger partial charge in [-0.2, -0.15) is 0 Å². The van der Waals surface area contributed by atoms with Crippen molar-refractivity contribution < 1.29 is 13.9 Å². The van der Waals surface area contributed by atoms with Gasteiger partial charge in [-0.15, -0.1) is 0 Å². The first-order chi connectivity index (χ1) is 11.7. The van der Waals surface area contributed by atoms with Crippen LogP contribution in [0, 0.1) is 5.92 Å². The number of hydrogen-bond acceptors (Lipinski definition) is 4. The molecule has 24 heavy (non-hydrogen) atoms. The Morgan fingerprint density at radius 3 is 2.46 bits per heavy atom. The lowest BCUT2D eigenvalue weighted by molar-refractivity contribution is 0.354. The minimum Gasteiger partial charge on any atom is -0.493 e. The van der Waals surface area contributed by atoms with Crippen molar-refractivity contribution in [2.75, 3.05) is 27.3 Å². The summed E-state index contributed by atoms with van der Waals surface area (Å²) in [5, 5.41) is 3.53. The number of furan rings is 1. The molecular formula is C20H29NO3. The maximum atomic E-state index is 5.58. The number of methoxy groups -OCH3 is 2. The van der Waals surface area contributed by atoms with E-state index in [1.807, 2.05) is 18.2 Å². The van der Waals surface area contributed by atoms with Crippen LogP contribution >= 0.6 is 0 Å². The Morgan fingerprint density at radius 2 is 1.83 bits per heavy atom. The van der Waals surface area contributed by atoms with Crippen LogP contribution in [0.1, 0.15) is 37.5 Å². The normalized spacial score (nSPS) is 12.4. The summed E-state index contributed by atoms with van der Waals surface area (Å²) >= 11 is 0. The molecule has 0 aliphatic heterocycles. The molecule has 0 bridgehead atoms. The highest BCUT2D eigenvalue weighted by molar-refractivity contribution is 5.42. The van der Waals surface area contributed by atoms with E-state index in [-0.39, 0.29) is 0 Å². The summed E-state index contributed by atoms with van der Waals surface area (Å²) in [6.07, 6.45) is 3.81. The summed E-state index contributed by atoms with van der Waals surface area (Å²) in [6, 6.07) is 10.1. The highest BCUT2D eigenvalue weighted by Crippen LogP contribution is 2.28. The van der Waals surface area contributed by atoms with Crippen LogP contribution < -0.4 is 14.8 Å². The monoisotopic (exact) mass is 331 g/mol. The molecule has 1 heterocycles. The van der Waals surface area contributed by atoms with Crippen LogP contribution in [0.5, 0.6) is 11.5 Å². The number of benzene rings is 1. The van der Waals surface area contributed by atoms with Crippen LogP contribution in [0.4, 0.5) is 0 Å². The minimum absolute atomic E-state index is 0.466. The maximum absolute atomic E-state index is 5.58. The van der Waals surface area contributed by atoms with Gasteiger partial charge in [0.2, 0.25) is 0 Å². The second kappa shape index (κ2) is 9.38. The number of hydrogen-bond donors (Lipinski definition) is 1. The Kier molecular flexibility index (Phi) is 7.19. The predicted molar refractivity (Wildman–Crippen MR) is 97.0 cm³/mol. The molecule has 1 aromatic heterocycles. The smallest absolute Gasteiger partial charge is 0.160 e. The first-order valence-corrected chi connectivity index (χ1v) is 8.60. The van der Waals surface area contributed by atoms with E-state index in [4.69, 9.17) is 13.9 Å². The molecule has 1 atom stereocenters. The molecular weight excluding hydrogens is 302 g/mol. The Bertz CT molecular complexity index is 593. The zero-order valence-electron chi connectivity index (χ0n) is 15.2. The minimum atomic E-state index is 0.466. The molecule has 0 unspecified atom stereocenters. The standard InChI is InChI=1S/C20H29NO3/c1-15(2)17(18-6-5-13-24-18)10-12-21-11-9-16-7-8-19(22-3)20(14-16)23-4/h5-8,13-15,17,21H,9-12H2,1-4H3/t17-/m0/s1. The van der Waals surface area contributed by atoms with Gasteiger partial charge in [0.25, 0.3) is 0 Å². The second-order valence-electron chi connectivity index (χ2n) is 6.34. The van der Waals surface area contributed by atoms with Gasteiger partial charge in [-0.1, -0.05) is 19.9 Å². The topological polar surface area (TPSA) is 43.6 Å². The van der Waals surface area contributed by atoms with E-state index in [0.717, 1.165) is 43.2 Å². The number of rotatable bonds is 10. The highest BCUT2D eigenvalue weighted by Gasteiger charge is 2.17. The third kappa shape index (κ3) is 5.03. The highest BCUT2D eigenvalue weighted by atomic mass is 16.5. The summed E-state index contributed by atoms with van der Waals surface area (Å²) in [5.41, 5.74) is 1.24. The van der Waals surface area contributed by atoms with E-state index in [9.17, 15) is 0 Å². The average Bonchev–Trinajstić information content (AvgIpc) is 3.11. The fourth-order valence-electron chi connectivity index (χ4n) is 2.96. The molecule has 132 valence electrons. The van der Waals surface area contributed by atoms with E-state index in [1.165, 1.54) is 5.56 Å². The summed E-state index contributed by atoms with van der Waals surface area (Å²) in [6.45, 7) is 6.42. The molecule has 0 aliphatic carbocycles. The third-order valence-corrected chi connectivity index (χ3v) is 4.38. The van der Waals surface area contributed by atoms with Crippen molar-refractivity contribution in [2.45, 2.75) is 32.6 Å². The lowest BCUT2D eigenvalue weighted by atomic mass is 9.90. The third-order valence-electron chi connectivity index (χ3n) is 4.38. The maximum Gasteiger partial charge on any atom is 0.160 e. The van der Waals surface area contributed by atoms with Gasteiger partial charge in [0, 0.05) is 5.92 Å². The Balaban J connectivity index is 1.76. The van der Waals surface area contributed by atoms with Gasteiger partial charge < -0.3 is 19.2 Å². The van der Waals surface area contributed by atoms with E-state index in [2.05, 4.69) is 31.3 Å². The van der Waals surface area contributed by atoms with Gasteiger partial charge in [0.1, 0.15) is 5.76 Å². The predicted octanol–water partition coefficient (Wildman–Crippen LogP) is 4.26. The van der Waals surface area contributed by atoms with Crippen molar-refractivity contribution in [3.8, 4) is 11.5 Å². The molecule has 0 radical (unpaired) electrons. The van der Waals surface area contributed by atoms with Crippen molar-refractivity contribution in [1.29, 1.82) is 0 Å². The van der Waals surface area contributed by atoms with Crippen LogP contribution in [-0.2, 0) is 6.42 Å². The van der Waals surface area contributed by atoms with Crippen molar-refractivity contribution in [3.05, 3.63) is 47.9 Å². The SMILES string of the molecule is COc1ccc(CCNCC[C@H](c2ccco2)C(C)C)cc1OC. The molecule has 2 rings (SSSR count). The lowest BCUT2D eigenvalue weighted by Gasteiger charge is -2.18. The van der Waals surface area contributed by atoms with Gasteiger partial charge in [-0.3, -0.25) is 0 Å². The van der Waals surface area contributed by atoms with E-state index < -0.39 is 0 Å². The van der Waals surface area contributed by atoms with Crippen LogP contribution in [0.15, 0.2) is 41.0 Å². The van der Waals surface area contributed by atoms with Crippen LogP contribution in [-0.4, -0.2) is 27.3 Å². The Morgan fingerprint density at radius 1 is 1.04 bits per heavy atom. The Hall–Kier alpha value is -1.94. The zero-order chi connectivity index (χ0) is 17.4. The fraction of sp³-hybridized carbons (Fsp3) is 0.500. The van der Waals surface area contributed by atoms with Gasteiger partial charge in [0.05, 0.1) is 20.5 Å². The molecule has 0 fully saturated rings. The van der Waals surface area contributed by atoms with Gasteiger partial charge in [-0.25, -0.2) is 0 Å². The molecule has 0 amide bonds. The molecule has 0 spiro atoms. The molecule has 4 heteroatoms. The zero-order valence-corrected chi connectivity index (χ0v) is 15.2. The van der Waals surface area contributed by atoms with Crippen LogP contribution in [0.3, 0.4) is 0 Å². The molecule has 0 saturated carbocycles. The fourth-order valence-corrected chi connectivity index (χ4v) is 2.96. The van der Waals surface area contributed by atoms with Gasteiger partial charge in [-0.05, 0) is 61.7 Å². The largest absolute Gasteiger partial charge is 0.493 e. The molecule has 1 aromatic carbocycles. The number of nitrogens with one attached hydrogen (secondary N) is 1. The van der Waals surface area contributed by atoms with E-state index in [0.29, 0.717) is 11.8 Å². The quantitative estimate of drug-likeness (QED) is 0.661. The van der Waals surface area contributed by atoms with Crippen molar-refractivity contribution in [1.82, 2.24) is 5.32 Å². The Labute approximate surface area is 145 Å². The second-order valence-corrected chi connectivity index (χ2v) is 6.34. The summed E-state index contributed by atoms with van der Waals surface area (Å²) in [7, 11) is 3.32. The lowest BCUT2D eigenvalue weighted by Crippen LogP contribution is -2.21. The van der Waals surface area contributed by atoms with E-state index in [1.54, 1.807) is 20.5 Å². The molecule has 2 aromatic rings. The van der Waals surface area contributed by atoms with Crippen LogP contribution in [0.25, 0.3) is 0 Å².